The van der Waals surface area contributed by atoms with Gasteiger partial charge in [-0.3, -0.25) is 0 Å². The highest BCUT2D eigenvalue weighted by atomic mass is 35.5. The molecule has 0 aliphatic carbocycles. The number of carbonyl (C=O) groups is 1. The van der Waals surface area contributed by atoms with Crippen molar-refractivity contribution in [1.82, 2.24) is 9.97 Å². The van der Waals surface area contributed by atoms with Crippen molar-refractivity contribution in [2.24, 2.45) is 0 Å². The lowest BCUT2D eigenvalue weighted by Crippen LogP contribution is -2.01. The third-order valence-corrected chi connectivity index (χ3v) is 5.30. The van der Waals surface area contributed by atoms with Crippen LogP contribution in [-0.2, 0) is 4.74 Å². The molecule has 0 fully saturated rings. The van der Waals surface area contributed by atoms with Crippen molar-refractivity contribution < 1.29 is 14.3 Å². The number of ether oxygens (including phenoxy) is 2. The molecular weight excluding hydrogens is 422 g/mol. The SMILES string of the molecule is CCOc1ccc(-c2csc3ncnc(Nc4ccc(C(=O)OC)cc4)c23)cc1.Cl. The number of halogens is 1. The Kier molecular flexibility index (Phi) is 6.87. The summed E-state index contributed by atoms with van der Waals surface area (Å²) < 4.78 is 10.3. The van der Waals surface area contributed by atoms with Crippen LogP contribution in [0.2, 0.25) is 0 Å². The average molecular weight is 442 g/mol. The van der Waals surface area contributed by atoms with E-state index in [1.54, 1.807) is 29.8 Å². The van der Waals surface area contributed by atoms with Crippen molar-refractivity contribution in [3.63, 3.8) is 0 Å². The van der Waals surface area contributed by atoms with Crippen molar-refractivity contribution in [2.45, 2.75) is 6.92 Å². The number of aromatic nitrogens is 2. The highest BCUT2D eigenvalue weighted by Crippen LogP contribution is 2.37. The van der Waals surface area contributed by atoms with Gasteiger partial charge in [-0.15, -0.1) is 23.7 Å². The van der Waals surface area contributed by atoms with E-state index in [0.717, 1.165) is 32.8 Å². The molecule has 2 aromatic carbocycles. The van der Waals surface area contributed by atoms with Crippen LogP contribution < -0.4 is 10.1 Å². The van der Waals surface area contributed by atoms with Crippen LogP contribution in [0, 0.1) is 0 Å². The van der Waals surface area contributed by atoms with Crippen molar-refractivity contribution in [2.75, 3.05) is 19.0 Å². The number of nitrogens with one attached hydrogen (secondary N) is 1. The highest BCUT2D eigenvalue weighted by molar-refractivity contribution is 7.17. The van der Waals surface area contributed by atoms with Crippen molar-refractivity contribution in [1.29, 1.82) is 0 Å². The van der Waals surface area contributed by atoms with Crippen LogP contribution in [0.4, 0.5) is 11.5 Å². The fraction of sp³-hybridized carbons (Fsp3) is 0.136. The molecule has 8 heteroatoms. The number of nitrogens with zero attached hydrogens (tertiary/aromatic N) is 2. The number of rotatable bonds is 6. The van der Waals surface area contributed by atoms with E-state index in [4.69, 9.17) is 9.47 Å². The van der Waals surface area contributed by atoms with E-state index >= 15 is 0 Å². The molecular formula is C22H20ClN3O3S. The molecule has 0 amide bonds. The van der Waals surface area contributed by atoms with Crippen LogP contribution in [0.3, 0.4) is 0 Å². The molecule has 0 spiro atoms. The largest absolute Gasteiger partial charge is 0.494 e. The summed E-state index contributed by atoms with van der Waals surface area (Å²) in [5, 5.41) is 6.38. The molecule has 2 aromatic heterocycles. The predicted octanol–water partition coefficient (Wildman–Crippen LogP) is 5.71. The zero-order chi connectivity index (χ0) is 20.2. The number of hydrogen-bond acceptors (Lipinski definition) is 7. The fourth-order valence-electron chi connectivity index (χ4n) is 3.02. The fourth-order valence-corrected chi connectivity index (χ4v) is 3.94. The van der Waals surface area contributed by atoms with E-state index in [2.05, 4.69) is 20.7 Å². The van der Waals surface area contributed by atoms with E-state index < -0.39 is 0 Å². The number of thiophene rings is 1. The molecule has 0 saturated heterocycles. The first-order valence-electron chi connectivity index (χ1n) is 9.10. The van der Waals surface area contributed by atoms with Crippen LogP contribution >= 0.6 is 23.7 Å². The van der Waals surface area contributed by atoms with Crippen molar-refractivity contribution in [3.05, 3.63) is 65.8 Å². The molecule has 2 heterocycles. The van der Waals surface area contributed by atoms with Crippen molar-refractivity contribution in [3.8, 4) is 16.9 Å². The summed E-state index contributed by atoms with van der Waals surface area (Å²) in [7, 11) is 1.37. The third-order valence-electron chi connectivity index (χ3n) is 4.42. The van der Waals surface area contributed by atoms with Crippen molar-refractivity contribution >= 4 is 51.4 Å². The van der Waals surface area contributed by atoms with Crippen LogP contribution in [0.25, 0.3) is 21.3 Å². The quantitative estimate of drug-likeness (QED) is 0.386. The summed E-state index contributed by atoms with van der Waals surface area (Å²) in [6, 6.07) is 15.1. The second-order valence-corrected chi connectivity index (χ2v) is 7.06. The van der Waals surface area contributed by atoms with E-state index in [-0.39, 0.29) is 18.4 Å². The van der Waals surface area contributed by atoms with Gasteiger partial charge in [0.05, 0.1) is 24.7 Å². The summed E-state index contributed by atoms with van der Waals surface area (Å²) in [6.07, 6.45) is 1.55. The standard InChI is InChI=1S/C22H19N3O3S.ClH/c1-3-28-17-10-6-14(7-11-17)18-12-29-21-19(18)20(23-13-24-21)25-16-8-4-15(5-9-16)22(26)27-2;/h4-13H,3H2,1-2H3,(H,23,24,25);1H. The number of benzene rings is 2. The van der Waals surface area contributed by atoms with Crippen LogP contribution in [0.1, 0.15) is 17.3 Å². The van der Waals surface area contributed by atoms with Gasteiger partial charge < -0.3 is 14.8 Å². The number of fused-ring (bicyclic) bond motifs is 1. The lowest BCUT2D eigenvalue weighted by Gasteiger charge is -2.09. The summed E-state index contributed by atoms with van der Waals surface area (Å²) in [4.78, 5) is 21.4. The Labute approximate surface area is 184 Å². The molecule has 0 unspecified atom stereocenters. The molecule has 0 aliphatic heterocycles. The first-order chi connectivity index (χ1) is 14.2. The first-order valence-corrected chi connectivity index (χ1v) is 9.98. The minimum absolute atomic E-state index is 0. The minimum Gasteiger partial charge on any atom is -0.494 e. The monoisotopic (exact) mass is 441 g/mol. The van der Waals surface area contributed by atoms with Gasteiger partial charge in [0, 0.05) is 16.6 Å². The molecule has 0 atom stereocenters. The Bertz CT molecular complexity index is 1140. The average Bonchev–Trinajstić information content (AvgIpc) is 3.20. The van der Waals surface area contributed by atoms with Gasteiger partial charge in [-0.1, -0.05) is 12.1 Å². The molecule has 6 nitrogen and oxygen atoms in total. The van der Waals surface area contributed by atoms with E-state index in [1.165, 1.54) is 7.11 Å². The number of hydrogen-bond donors (Lipinski definition) is 1. The van der Waals surface area contributed by atoms with Gasteiger partial charge in [-0.2, -0.15) is 0 Å². The predicted molar refractivity (Wildman–Crippen MR) is 122 cm³/mol. The normalized spacial score (nSPS) is 10.3. The summed E-state index contributed by atoms with van der Waals surface area (Å²) in [6.45, 7) is 2.60. The van der Waals surface area contributed by atoms with Crippen LogP contribution in [0.5, 0.6) is 5.75 Å². The van der Waals surface area contributed by atoms with Crippen LogP contribution in [-0.4, -0.2) is 29.7 Å². The van der Waals surface area contributed by atoms with E-state index in [0.29, 0.717) is 18.0 Å². The second kappa shape index (κ2) is 9.56. The Morgan fingerprint density at radius 1 is 1.07 bits per heavy atom. The minimum atomic E-state index is -0.364. The molecule has 4 rings (SSSR count). The van der Waals surface area contributed by atoms with Gasteiger partial charge >= 0.3 is 5.97 Å². The number of anilines is 2. The Morgan fingerprint density at radius 3 is 2.47 bits per heavy atom. The molecule has 4 aromatic rings. The Balaban J connectivity index is 0.00000256. The molecule has 0 saturated carbocycles. The maximum absolute atomic E-state index is 11.6. The smallest absolute Gasteiger partial charge is 0.337 e. The molecule has 0 radical (unpaired) electrons. The van der Waals surface area contributed by atoms with E-state index in [9.17, 15) is 4.79 Å². The second-order valence-electron chi connectivity index (χ2n) is 6.20. The molecule has 0 bridgehead atoms. The Hall–Kier alpha value is -3.16. The van der Waals surface area contributed by atoms with Gasteiger partial charge in [-0.25, -0.2) is 14.8 Å². The lowest BCUT2D eigenvalue weighted by atomic mass is 10.1. The number of methoxy groups -OCH3 is 1. The van der Waals surface area contributed by atoms with Gasteiger partial charge in [0.2, 0.25) is 0 Å². The molecule has 0 aliphatic rings. The maximum atomic E-state index is 11.6. The number of carbonyl (C=O) groups excluding carboxylic acids is 1. The third kappa shape index (κ3) is 4.37. The molecule has 30 heavy (non-hydrogen) atoms. The Morgan fingerprint density at radius 2 is 1.80 bits per heavy atom. The molecule has 1 N–H and O–H groups in total. The zero-order valence-electron chi connectivity index (χ0n) is 16.4. The highest BCUT2D eigenvalue weighted by Gasteiger charge is 2.14. The van der Waals surface area contributed by atoms with Gasteiger partial charge in [0.1, 0.15) is 22.7 Å². The summed E-state index contributed by atoms with van der Waals surface area (Å²) in [5.41, 5.74) is 3.44. The number of esters is 1. The van der Waals surface area contributed by atoms with Gasteiger partial charge in [0.25, 0.3) is 0 Å². The lowest BCUT2D eigenvalue weighted by molar-refractivity contribution is 0.0601. The van der Waals surface area contributed by atoms with Gasteiger partial charge in [0.15, 0.2) is 0 Å². The summed E-state index contributed by atoms with van der Waals surface area (Å²) >= 11 is 1.57. The zero-order valence-corrected chi connectivity index (χ0v) is 18.0. The summed E-state index contributed by atoms with van der Waals surface area (Å²) in [5.74, 6) is 1.19. The van der Waals surface area contributed by atoms with Gasteiger partial charge in [-0.05, 0) is 48.9 Å². The first kappa shape index (κ1) is 21.5. The van der Waals surface area contributed by atoms with Crippen LogP contribution in [0.15, 0.2) is 60.2 Å². The maximum Gasteiger partial charge on any atom is 0.337 e. The molecule has 154 valence electrons. The topological polar surface area (TPSA) is 73.3 Å². The van der Waals surface area contributed by atoms with E-state index in [1.807, 2.05) is 43.3 Å².